The molecule has 4 aromatic rings. The second kappa shape index (κ2) is 12.2. The quantitative estimate of drug-likeness (QED) is 0.290. The minimum absolute atomic E-state index is 0.0370. The molecule has 0 radical (unpaired) electrons. The standard InChI is InChI=1S/C30H32N6O7S2/c1-42-25-11-9-23-26(32-25)44-27(31-23)33-28(38)36-19-30(12-13-34(18-30)29(39)43-2)22-16-21(8-10-24(22)36)45(40,41)35(14-15-37)17-20-6-4-3-5-7-20/h3-11,16,37H,12-15,17-19H2,1-2H3,(H,31,33,38). The molecule has 2 aliphatic rings. The zero-order chi connectivity index (χ0) is 31.8. The minimum Gasteiger partial charge on any atom is -0.481 e. The monoisotopic (exact) mass is 652 g/mol. The minimum atomic E-state index is -4.05. The van der Waals surface area contributed by atoms with Crippen LogP contribution in [-0.4, -0.2) is 91.8 Å². The molecule has 2 aliphatic heterocycles. The van der Waals surface area contributed by atoms with Crippen LogP contribution in [0.5, 0.6) is 5.88 Å². The maximum Gasteiger partial charge on any atom is 0.409 e. The van der Waals surface area contributed by atoms with E-state index in [9.17, 15) is 23.1 Å². The lowest BCUT2D eigenvalue weighted by molar-refractivity contribution is 0.131. The summed E-state index contributed by atoms with van der Waals surface area (Å²) in [6, 6.07) is 16.9. The Labute approximate surface area is 264 Å². The molecule has 236 valence electrons. The number of rotatable bonds is 8. The van der Waals surface area contributed by atoms with Crippen molar-refractivity contribution in [2.24, 2.45) is 0 Å². The molecule has 1 fully saturated rings. The third-order valence-corrected chi connectivity index (χ3v) is 10.9. The van der Waals surface area contributed by atoms with Crippen molar-refractivity contribution in [3.8, 4) is 5.88 Å². The predicted octanol–water partition coefficient (Wildman–Crippen LogP) is 3.65. The number of hydrogen-bond acceptors (Lipinski definition) is 10. The van der Waals surface area contributed by atoms with E-state index in [1.54, 1.807) is 34.1 Å². The number of aromatic nitrogens is 2. The number of ether oxygens (including phenoxy) is 2. The average Bonchev–Trinajstić information content (AvgIpc) is 3.75. The van der Waals surface area contributed by atoms with E-state index in [1.807, 2.05) is 30.3 Å². The van der Waals surface area contributed by atoms with E-state index in [4.69, 9.17) is 9.47 Å². The van der Waals surface area contributed by atoms with Gasteiger partial charge in [0.1, 0.15) is 10.3 Å². The first-order valence-corrected chi connectivity index (χ1v) is 16.5. The number of pyridine rings is 1. The Balaban J connectivity index is 1.35. The number of sulfonamides is 1. The van der Waals surface area contributed by atoms with E-state index in [2.05, 4.69) is 15.3 Å². The first-order valence-electron chi connectivity index (χ1n) is 14.2. The Hall–Kier alpha value is -4.31. The molecular formula is C30H32N6O7S2. The average molecular weight is 653 g/mol. The summed E-state index contributed by atoms with van der Waals surface area (Å²) in [6.07, 6.45) is 0.00641. The topological polar surface area (TPSA) is 154 Å². The number of methoxy groups -OCH3 is 2. The lowest BCUT2D eigenvalue weighted by Crippen LogP contribution is -2.41. The molecule has 2 N–H and O–H groups in total. The van der Waals surface area contributed by atoms with Crippen molar-refractivity contribution in [3.63, 3.8) is 0 Å². The van der Waals surface area contributed by atoms with Crippen LogP contribution in [0, 0.1) is 0 Å². The Kier molecular flexibility index (Phi) is 8.35. The van der Waals surface area contributed by atoms with Crippen LogP contribution in [0.25, 0.3) is 10.3 Å². The highest BCUT2D eigenvalue weighted by Crippen LogP contribution is 2.48. The highest BCUT2D eigenvalue weighted by atomic mass is 32.2. The Morgan fingerprint density at radius 1 is 1.09 bits per heavy atom. The summed E-state index contributed by atoms with van der Waals surface area (Å²) in [6.45, 7) is 0.486. The molecule has 0 saturated carbocycles. The number of benzene rings is 2. The number of aliphatic hydroxyl groups is 1. The van der Waals surface area contributed by atoms with E-state index in [0.717, 1.165) is 5.56 Å². The van der Waals surface area contributed by atoms with Crippen molar-refractivity contribution in [1.82, 2.24) is 19.2 Å². The lowest BCUT2D eigenvalue weighted by Gasteiger charge is -2.26. The predicted molar refractivity (Wildman–Crippen MR) is 168 cm³/mol. The van der Waals surface area contributed by atoms with Crippen molar-refractivity contribution < 1.29 is 32.6 Å². The fourth-order valence-corrected chi connectivity index (χ4v) is 8.22. The van der Waals surface area contributed by atoms with Gasteiger partial charge in [-0.15, -0.1) is 0 Å². The highest BCUT2D eigenvalue weighted by Gasteiger charge is 2.50. The van der Waals surface area contributed by atoms with E-state index in [0.29, 0.717) is 45.6 Å². The number of nitrogens with one attached hydrogen (secondary N) is 1. The third kappa shape index (κ3) is 5.79. The van der Waals surface area contributed by atoms with Crippen LogP contribution in [0.1, 0.15) is 17.5 Å². The van der Waals surface area contributed by atoms with Crippen molar-refractivity contribution in [1.29, 1.82) is 0 Å². The van der Waals surface area contributed by atoms with Crippen LogP contribution >= 0.6 is 11.3 Å². The van der Waals surface area contributed by atoms with E-state index >= 15 is 0 Å². The van der Waals surface area contributed by atoms with Gasteiger partial charge >= 0.3 is 12.1 Å². The number of carbonyl (C=O) groups excluding carboxylic acids is 2. The highest BCUT2D eigenvalue weighted by molar-refractivity contribution is 7.89. The summed E-state index contributed by atoms with van der Waals surface area (Å²) in [5, 5.41) is 12.9. The Morgan fingerprint density at radius 2 is 1.89 bits per heavy atom. The smallest absolute Gasteiger partial charge is 0.409 e. The fourth-order valence-electron chi connectivity index (χ4n) is 5.95. The van der Waals surface area contributed by atoms with Crippen LogP contribution in [-0.2, 0) is 26.7 Å². The number of amides is 3. The summed E-state index contributed by atoms with van der Waals surface area (Å²) < 4.78 is 39.3. The molecule has 2 aromatic carbocycles. The molecule has 1 unspecified atom stereocenters. The first-order chi connectivity index (χ1) is 21.7. The molecule has 1 atom stereocenters. The number of thiazole rings is 1. The van der Waals surface area contributed by atoms with Gasteiger partial charge in [-0.05, 0) is 41.8 Å². The van der Waals surface area contributed by atoms with Gasteiger partial charge in [0.15, 0.2) is 5.13 Å². The number of fused-ring (bicyclic) bond motifs is 3. The molecular weight excluding hydrogens is 620 g/mol. The van der Waals surface area contributed by atoms with Crippen molar-refractivity contribution in [2.45, 2.75) is 23.3 Å². The number of likely N-dealkylation sites (tertiary alicyclic amines) is 1. The summed E-state index contributed by atoms with van der Waals surface area (Å²) in [5.74, 6) is 0.433. The molecule has 4 heterocycles. The summed E-state index contributed by atoms with van der Waals surface area (Å²) >= 11 is 1.21. The maximum absolute atomic E-state index is 14.0. The van der Waals surface area contributed by atoms with E-state index < -0.39 is 27.6 Å². The van der Waals surface area contributed by atoms with E-state index in [-0.39, 0.29) is 37.7 Å². The molecule has 1 spiro atoms. The molecule has 1 saturated heterocycles. The molecule has 15 heteroatoms. The van der Waals surface area contributed by atoms with Gasteiger partial charge in [-0.1, -0.05) is 41.7 Å². The first kappa shape index (κ1) is 30.7. The summed E-state index contributed by atoms with van der Waals surface area (Å²) in [5.41, 5.74) is 1.84. The largest absolute Gasteiger partial charge is 0.481 e. The second-order valence-electron chi connectivity index (χ2n) is 10.9. The van der Waals surface area contributed by atoms with Crippen molar-refractivity contribution in [3.05, 3.63) is 71.8 Å². The van der Waals surface area contributed by atoms with Gasteiger partial charge < -0.3 is 19.5 Å². The number of nitrogens with zero attached hydrogens (tertiary/aromatic N) is 5. The van der Waals surface area contributed by atoms with Gasteiger partial charge in [0, 0.05) is 49.9 Å². The SMILES string of the molecule is COC(=O)N1CCC2(C1)CN(C(=O)Nc1nc3ccc(OC)nc3s1)c1ccc(S(=O)(=O)N(CCO)Cc3ccccc3)cc12. The number of anilines is 2. The van der Waals surface area contributed by atoms with Gasteiger partial charge in [0.25, 0.3) is 0 Å². The van der Waals surface area contributed by atoms with Gasteiger partial charge in [0.05, 0.1) is 25.7 Å². The van der Waals surface area contributed by atoms with Gasteiger partial charge in [-0.2, -0.15) is 4.31 Å². The Bertz CT molecular complexity index is 1850. The second-order valence-corrected chi connectivity index (χ2v) is 13.8. The van der Waals surface area contributed by atoms with Crippen LogP contribution in [0.3, 0.4) is 0 Å². The summed E-state index contributed by atoms with van der Waals surface area (Å²) in [4.78, 5) is 38.8. The van der Waals surface area contributed by atoms with Crippen molar-refractivity contribution in [2.75, 3.05) is 57.2 Å². The fraction of sp³-hybridized carbons (Fsp3) is 0.333. The van der Waals surface area contributed by atoms with Crippen LogP contribution in [0.4, 0.5) is 20.4 Å². The number of urea groups is 1. The molecule has 45 heavy (non-hydrogen) atoms. The molecule has 2 aromatic heterocycles. The lowest BCUT2D eigenvalue weighted by atomic mass is 9.81. The molecule has 3 amide bonds. The zero-order valence-electron chi connectivity index (χ0n) is 24.7. The summed E-state index contributed by atoms with van der Waals surface area (Å²) in [7, 11) is -1.22. The van der Waals surface area contributed by atoms with Gasteiger partial charge in [-0.25, -0.2) is 28.0 Å². The maximum atomic E-state index is 14.0. The number of carbonyl (C=O) groups is 2. The molecule has 0 bridgehead atoms. The van der Waals surface area contributed by atoms with Crippen LogP contribution in [0.2, 0.25) is 0 Å². The Morgan fingerprint density at radius 3 is 2.62 bits per heavy atom. The number of hydrogen-bond donors (Lipinski definition) is 2. The van der Waals surface area contributed by atoms with Gasteiger partial charge in [0.2, 0.25) is 15.9 Å². The van der Waals surface area contributed by atoms with Crippen molar-refractivity contribution >= 4 is 54.7 Å². The normalized spacial score (nSPS) is 17.7. The third-order valence-electron chi connectivity index (χ3n) is 8.16. The van der Waals surface area contributed by atoms with Crippen LogP contribution < -0.4 is 15.0 Å². The molecule has 6 rings (SSSR count). The van der Waals surface area contributed by atoms with Crippen LogP contribution in [0.15, 0.2) is 65.6 Å². The zero-order valence-corrected chi connectivity index (χ0v) is 26.3. The number of aliphatic hydroxyl groups excluding tert-OH is 1. The molecule has 0 aliphatic carbocycles. The van der Waals surface area contributed by atoms with Gasteiger partial charge in [-0.3, -0.25) is 10.2 Å². The molecule has 13 nitrogen and oxygen atoms in total. The van der Waals surface area contributed by atoms with E-state index in [1.165, 1.54) is 35.9 Å².